The summed E-state index contributed by atoms with van der Waals surface area (Å²) in [4.78, 5) is 0. The van der Waals surface area contributed by atoms with E-state index in [4.69, 9.17) is 0 Å². The van der Waals surface area contributed by atoms with Gasteiger partial charge in [0.05, 0.1) is 13.1 Å². The Morgan fingerprint density at radius 2 is 1.40 bits per heavy atom. The van der Waals surface area contributed by atoms with Crippen molar-refractivity contribution in [1.82, 2.24) is 0 Å². The molecule has 1 atom stereocenters. The van der Waals surface area contributed by atoms with E-state index in [9.17, 15) is 0 Å². The van der Waals surface area contributed by atoms with E-state index in [0.717, 1.165) is 12.0 Å². The van der Waals surface area contributed by atoms with E-state index < -0.39 is 0 Å². The van der Waals surface area contributed by atoms with Crippen LogP contribution in [0, 0.1) is 5.92 Å². The number of piperidine rings is 1. The zero-order valence-corrected chi connectivity index (χ0v) is 11.9. The van der Waals surface area contributed by atoms with E-state index >= 15 is 0 Å². The summed E-state index contributed by atoms with van der Waals surface area (Å²) in [6, 6.07) is 23.0. The highest BCUT2D eigenvalue weighted by molar-refractivity contribution is 5.21. The molecule has 0 saturated carbocycles. The highest BCUT2D eigenvalue weighted by Crippen LogP contribution is 2.52. The van der Waals surface area contributed by atoms with Gasteiger partial charge in [0.2, 0.25) is 0 Å². The van der Waals surface area contributed by atoms with Crippen LogP contribution in [0.15, 0.2) is 60.7 Å². The lowest BCUT2D eigenvalue weighted by Gasteiger charge is -2.37. The molecule has 2 aliphatic heterocycles. The Kier molecular flexibility index (Phi) is 2.89. The van der Waals surface area contributed by atoms with Crippen LogP contribution in [0.5, 0.6) is 0 Å². The zero-order chi connectivity index (χ0) is 13.4. The van der Waals surface area contributed by atoms with E-state index in [-0.39, 0.29) is 0 Å². The van der Waals surface area contributed by atoms with Crippen molar-refractivity contribution < 1.29 is 4.48 Å². The van der Waals surface area contributed by atoms with Gasteiger partial charge in [-0.05, 0) is 0 Å². The Bertz CT molecular complexity index is 567. The van der Waals surface area contributed by atoms with Gasteiger partial charge in [-0.1, -0.05) is 60.7 Å². The minimum Gasteiger partial charge on any atom is -0.313 e. The van der Waals surface area contributed by atoms with Gasteiger partial charge in [-0.15, -0.1) is 0 Å². The molecular weight excluding hydrogens is 242 g/mol. The topological polar surface area (TPSA) is 0 Å². The highest BCUT2D eigenvalue weighted by atomic mass is 15.4. The lowest BCUT2D eigenvalue weighted by atomic mass is 9.94. The second-order valence-electron chi connectivity index (χ2n) is 6.50. The molecule has 2 aromatic rings. The summed E-state index contributed by atoms with van der Waals surface area (Å²) in [6.07, 6.45) is 2.82. The van der Waals surface area contributed by atoms with Gasteiger partial charge in [-0.2, -0.15) is 0 Å². The van der Waals surface area contributed by atoms with Gasteiger partial charge < -0.3 is 4.48 Å². The molecule has 2 aromatic carbocycles. The molecule has 2 saturated heterocycles. The summed E-state index contributed by atoms with van der Waals surface area (Å²) in [5.74, 6) is 0.904. The van der Waals surface area contributed by atoms with E-state index in [1.807, 2.05) is 0 Å². The highest BCUT2D eigenvalue weighted by Gasteiger charge is 2.54. The fourth-order valence-electron chi connectivity index (χ4n) is 4.59. The smallest absolute Gasteiger partial charge is 0.118 e. The number of benzene rings is 2. The molecule has 0 aromatic heterocycles. The normalized spacial score (nSPS) is 31.6. The Morgan fingerprint density at radius 1 is 0.800 bits per heavy atom. The standard InChI is InChI=1S/C19H22N/c1-3-7-16(8-4-1)15-20-13-11-18(12-14-20)19(20)17-9-5-2-6-10-17/h1-10,18-19H,11-15H2/q+1/t18?,19-,20?/m1/s1. The van der Waals surface area contributed by atoms with Gasteiger partial charge in [-0.25, -0.2) is 0 Å². The lowest BCUT2D eigenvalue weighted by Crippen LogP contribution is -2.44. The molecule has 0 spiro atoms. The van der Waals surface area contributed by atoms with Crippen molar-refractivity contribution in [3.8, 4) is 0 Å². The third kappa shape index (κ3) is 1.89. The average molecular weight is 264 g/mol. The van der Waals surface area contributed by atoms with Gasteiger partial charge in [0.15, 0.2) is 0 Å². The van der Waals surface area contributed by atoms with Gasteiger partial charge in [0, 0.05) is 29.9 Å². The largest absolute Gasteiger partial charge is 0.313 e. The minimum absolute atomic E-state index is 0.733. The predicted octanol–water partition coefficient (Wildman–Crippen LogP) is 4.17. The summed E-state index contributed by atoms with van der Waals surface area (Å²) < 4.78 is 1.29. The molecule has 0 N–H and O–H groups in total. The SMILES string of the molecule is c1ccc(C[N+]23CCC(CC2)[C@H]3c2ccccc2)cc1. The van der Waals surface area contributed by atoms with Crippen LogP contribution in [0.4, 0.5) is 0 Å². The molecule has 2 fully saturated rings. The molecule has 20 heavy (non-hydrogen) atoms. The lowest BCUT2D eigenvalue weighted by molar-refractivity contribution is -0.949. The second-order valence-corrected chi connectivity index (χ2v) is 6.50. The number of quaternary nitrogens is 1. The second kappa shape index (κ2) is 4.75. The number of fused-ring (bicyclic) bond motifs is 2. The van der Waals surface area contributed by atoms with Crippen molar-refractivity contribution in [1.29, 1.82) is 0 Å². The first kappa shape index (κ1) is 12.2. The molecule has 0 amide bonds. The van der Waals surface area contributed by atoms with E-state index in [1.54, 1.807) is 5.56 Å². The Balaban J connectivity index is 1.69. The Hall–Kier alpha value is -1.60. The van der Waals surface area contributed by atoms with E-state index in [1.165, 1.54) is 42.5 Å². The summed E-state index contributed by atoms with van der Waals surface area (Å²) in [5.41, 5.74) is 3.06. The first-order valence-corrected chi connectivity index (χ1v) is 7.82. The summed E-state index contributed by atoms with van der Waals surface area (Å²) in [7, 11) is 0. The maximum absolute atomic E-state index is 2.34. The first-order valence-electron chi connectivity index (χ1n) is 7.82. The van der Waals surface area contributed by atoms with Crippen molar-refractivity contribution in [2.75, 3.05) is 13.1 Å². The molecule has 4 rings (SSSR count). The number of rotatable bonds is 3. The number of nitrogens with zero attached hydrogens (tertiary/aromatic N) is 1. The number of hydrogen-bond donors (Lipinski definition) is 0. The number of hydrogen-bond acceptors (Lipinski definition) is 0. The van der Waals surface area contributed by atoms with Crippen LogP contribution >= 0.6 is 0 Å². The molecule has 2 heterocycles. The van der Waals surface area contributed by atoms with Gasteiger partial charge in [0.1, 0.15) is 12.6 Å². The molecule has 0 aliphatic carbocycles. The van der Waals surface area contributed by atoms with Crippen LogP contribution in [-0.2, 0) is 6.54 Å². The molecule has 0 unspecified atom stereocenters. The summed E-state index contributed by atoms with van der Waals surface area (Å²) in [5, 5.41) is 0. The molecule has 0 radical (unpaired) electrons. The maximum Gasteiger partial charge on any atom is 0.118 e. The van der Waals surface area contributed by atoms with E-state index in [2.05, 4.69) is 60.7 Å². The van der Waals surface area contributed by atoms with Crippen LogP contribution in [0.2, 0.25) is 0 Å². The van der Waals surface area contributed by atoms with Crippen molar-refractivity contribution in [2.45, 2.75) is 25.4 Å². The average Bonchev–Trinajstić information content (AvgIpc) is 3.04. The van der Waals surface area contributed by atoms with E-state index in [0.29, 0.717) is 0 Å². The maximum atomic E-state index is 2.34. The van der Waals surface area contributed by atoms with Crippen LogP contribution in [0.3, 0.4) is 0 Å². The van der Waals surface area contributed by atoms with Crippen LogP contribution in [0.25, 0.3) is 0 Å². The Labute approximate surface area is 121 Å². The first-order chi connectivity index (χ1) is 9.87. The molecule has 2 bridgehead atoms. The summed E-state index contributed by atoms with van der Waals surface area (Å²) >= 11 is 0. The molecule has 2 aliphatic rings. The fraction of sp³-hybridized carbons (Fsp3) is 0.368. The van der Waals surface area contributed by atoms with Crippen molar-refractivity contribution >= 4 is 0 Å². The molecule has 102 valence electrons. The molecule has 1 nitrogen and oxygen atoms in total. The van der Waals surface area contributed by atoms with Crippen LogP contribution in [0.1, 0.15) is 30.0 Å². The predicted molar refractivity (Wildman–Crippen MR) is 82.0 cm³/mol. The molecule has 1 heteroatoms. The van der Waals surface area contributed by atoms with Crippen molar-refractivity contribution in [3.63, 3.8) is 0 Å². The third-order valence-electron chi connectivity index (χ3n) is 5.41. The zero-order valence-electron chi connectivity index (χ0n) is 11.9. The monoisotopic (exact) mass is 264 g/mol. The third-order valence-corrected chi connectivity index (χ3v) is 5.41. The quantitative estimate of drug-likeness (QED) is 0.730. The van der Waals surface area contributed by atoms with Gasteiger partial charge in [0.25, 0.3) is 0 Å². The van der Waals surface area contributed by atoms with Crippen molar-refractivity contribution in [3.05, 3.63) is 71.8 Å². The molecular formula is C19H22N+. The Morgan fingerprint density at radius 3 is 2.05 bits per heavy atom. The van der Waals surface area contributed by atoms with Gasteiger partial charge in [-0.3, -0.25) is 0 Å². The summed E-state index contributed by atoms with van der Waals surface area (Å²) in [6.45, 7) is 3.93. The van der Waals surface area contributed by atoms with Crippen LogP contribution in [-0.4, -0.2) is 17.6 Å². The van der Waals surface area contributed by atoms with Crippen molar-refractivity contribution in [2.24, 2.45) is 5.92 Å². The van der Waals surface area contributed by atoms with Crippen LogP contribution < -0.4 is 0 Å². The minimum atomic E-state index is 0.733. The fourth-order valence-corrected chi connectivity index (χ4v) is 4.59. The van der Waals surface area contributed by atoms with Gasteiger partial charge >= 0.3 is 0 Å².